The van der Waals surface area contributed by atoms with E-state index in [1.807, 2.05) is 26.0 Å². The Hall–Kier alpha value is -1.06. The summed E-state index contributed by atoms with van der Waals surface area (Å²) in [5, 5.41) is 23.0. The first kappa shape index (κ1) is 14.0. The van der Waals surface area contributed by atoms with Gasteiger partial charge in [0.25, 0.3) is 0 Å². The quantitative estimate of drug-likeness (QED) is 0.713. The van der Waals surface area contributed by atoms with Crippen molar-refractivity contribution in [3.8, 4) is 5.75 Å². The number of hydrogen-bond acceptors (Lipinski definition) is 3. The zero-order valence-electron chi connectivity index (χ0n) is 10.9. The summed E-state index contributed by atoms with van der Waals surface area (Å²) >= 11 is 0. The molecule has 0 aliphatic rings. The minimum absolute atomic E-state index is 0.0273. The molecular formula is C14H23NO2. The molecule has 0 amide bonds. The molecule has 0 fully saturated rings. The van der Waals surface area contributed by atoms with Crippen molar-refractivity contribution in [2.24, 2.45) is 0 Å². The average Bonchev–Trinajstić information content (AvgIpc) is 2.27. The molecule has 0 bridgehead atoms. The van der Waals surface area contributed by atoms with E-state index in [0.29, 0.717) is 12.3 Å². The van der Waals surface area contributed by atoms with Gasteiger partial charge in [-0.1, -0.05) is 31.5 Å². The number of rotatable bonds is 6. The Kier molecular flexibility index (Phi) is 4.97. The number of phenolic OH excluding ortho intramolecular Hbond substituents is 1. The third kappa shape index (κ3) is 4.36. The van der Waals surface area contributed by atoms with Gasteiger partial charge in [0.1, 0.15) is 5.75 Å². The second-order valence-electron chi connectivity index (χ2n) is 4.91. The molecule has 2 atom stereocenters. The van der Waals surface area contributed by atoms with Crippen molar-refractivity contribution in [2.45, 2.75) is 45.3 Å². The topological polar surface area (TPSA) is 52.5 Å². The van der Waals surface area contributed by atoms with Crippen LogP contribution in [0.15, 0.2) is 24.3 Å². The number of nitrogens with one attached hydrogen (secondary N) is 1. The van der Waals surface area contributed by atoms with E-state index in [1.54, 1.807) is 12.1 Å². The summed E-state index contributed by atoms with van der Waals surface area (Å²) in [7, 11) is 0. The first-order chi connectivity index (χ1) is 7.96. The van der Waals surface area contributed by atoms with E-state index in [4.69, 9.17) is 0 Å². The van der Waals surface area contributed by atoms with E-state index in [0.717, 1.165) is 18.4 Å². The van der Waals surface area contributed by atoms with Gasteiger partial charge in [0, 0.05) is 18.2 Å². The van der Waals surface area contributed by atoms with E-state index in [-0.39, 0.29) is 6.04 Å². The molecular weight excluding hydrogens is 214 g/mol. The molecule has 17 heavy (non-hydrogen) atoms. The average molecular weight is 237 g/mol. The van der Waals surface area contributed by atoms with Gasteiger partial charge in [-0.3, -0.25) is 0 Å². The van der Waals surface area contributed by atoms with Crippen LogP contribution >= 0.6 is 0 Å². The van der Waals surface area contributed by atoms with E-state index >= 15 is 0 Å². The molecule has 3 N–H and O–H groups in total. The van der Waals surface area contributed by atoms with Crippen molar-refractivity contribution in [1.82, 2.24) is 5.32 Å². The first-order valence-electron chi connectivity index (χ1n) is 6.20. The Morgan fingerprint density at radius 3 is 2.59 bits per heavy atom. The van der Waals surface area contributed by atoms with Gasteiger partial charge in [0.15, 0.2) is 0 Å². The second kappa shape index (κ2) is 6.03. The Labute approximate surface area is 103 Å². The minimum atomic E-state index is -0.687. The predicted molar refractivity (Wildman–Crippen MR) is 70.1 cm³/mol. The number of aromatic hydroxyl groups is 1. The predicted octanol–water partition coefficient (Wildman–Crippen LogP) is 2.59. The molecule has 3 heteroatoms. The molecule has 1 rings (SSSR count). The summed E-state index contributed by atoms with van der Waals surface area (Å²) in [5.74, 6) is 0.294. The van der Waals surface area contributed by atoms with E-state index in [9.17, 15) is 10.2 Å². The molecule has 0 aromatic heterocycles. The monoisotopic (exact) mass is 237 g/mol. The van der Waals surface area contributed by atoms with E-state index in [1.165, 1.54) is 0 Å². The van der Waals surface area contributed by atoms with Crippen molar-refractivity contribution in [3.63, 3.8) is 0 Å². The Morgan fingerprint density at radius 1 is 1.35 bits per heavy atom. The number of aliphatic hydroxyl groups is 1. The van der Waals surface area contributed by atoms with Gasteiger partial charge in [-0.15, -0.1) is 0 Å². The highest BCUT2D eigenvalue weighted by molar-refractivity contribution is 5.34. The molecule has 0 aliphatic heterocycles. The van der Waals surface area contributed by atoms with Crippen molar-refractivity contribution in [1.29, 1.82) is 0 Å². The van der Waals surface area contributed by atoms with Crippen LogP contribution < -0.4 is 5.32 Å². The van der Waals surface area contributed by atoms with E-state index in [2.05, 4.69) is 12.2 Å². The van der Waals surface area contributed by atoms with Crippen molar-refractivity contribution < 1.29 is 10.2 Å². The van der Waals surface area contributed by atoms with Crippen LogP contribution in [0, 0.1) is 0 Å². The molecule has 3 nitrogen and oxygen atoms in total. The zero-order chi connectivity index (χ0) is 12.9. The zero-order valence-corrected chi connectivity index (χ0v) is 10.9. The van der Waals surface area contributed by atoms with Gasteiger partial charge in [0.05, 0.1) is 5.60 Å². The third-order valence-electron chi connectivity index (χ3n) is 2.98. The Balaban J connectivity index is 2.56. The fourth-order valence-electron chi connectivity index (χ4n) is 1.96. The number of benzene rings is 1. The third-order valence-corrected chi connectivity index (χ3v) is 2.98. The fraction of sp³-hybridized carbons (Fsp3) is 0.571. The summed E-state index contributed by atoms with van der Waals surface area (Å²) in [6.07, 6.45) is 1.73. The van der Waals surface area contributed by atoms with Crippen LogP contribution in [-0.4, -0.2) is 22.4 Å². The van der Waals surface area contributed by atoms with Crippen molar-refractivity contribution in [2.75, 3.05) is 6.54 Å². The molecule has 96 valence electrons. The highest BCUT2D eigenvalue weighted by atomic mass is 16.3. The van der Waals surface area contributed by atoms with Crippen LogP contribution in [0.25, 0.3) is 0 Å². The van der Waals surface area contributed by atoms with Gasteiger partial charge < -0.3 is 15.5 Å². The van der Waals surface area contributed by atoms with Gasteiger partial charge in [-0.05, 0) is 26.3 Å². The maximum Gasteiger partial charge on any atom is 0.120 e. The molecule has 0 heterocycles. The smallest absolute Gasteiger partial charge is 0.120 e. The van der Waals surface area contributed by atoms with Crippen LogP contribution in [0.2, 0.25) is 0 Å². The molecule has 0 saturated heterocycles. The first-order valence-corrected chi connectivity index (χ1v) is 6.20. The fourth-order valence-corrected chi connectivity index (χ4v) is 1.96. The highest BCUT2D eigenvalue weighted by Gasteiger charge is 2.20. The SMILES string of the molecule is CCCC(C)(O)CNC(C)c1ccccc1O. The summed E-state index contributed by atoms with van der Waals surface area (Å²) in [6.45, 7) is 6.40. The molecule has 0 spiro atoms. The molecule has 1 aromatic rings. The lowest BCUT2D eigenvalue weighted by Gasteiger charge is -2.26. The van der Waals surface area contributed by atoms with Crippen LogP contribution in [0.5, 0.6) is 5.75 Å². The van der Waals surface area contributed by atoms with Crippen LogP contribution in [0.1, 0.15) is 45.2 Å². The molecule has 2 unspecified atom stereocenters. The minimum Gasteiger partial charge on any atom is -0.508 e. The second-order valence-corrected chi connectivity index (χ2v) is 4.91. The Bertz CT molecular complexity index is 350. The number of para-hydroxylation sites is 1. The van der Waals surface area contributed by atoms with Gasteiger partial charge in [-0.2, -0.15) is 0 Å². The van der Waals surface area contributed by atoms with Crippen LogP contribution in [0.4, 0.5) is 0 Å². The molecule has 0 radical (unpaired) electrons. The van der Waals surface area contributed by atoms with Gasteiger partial charge in [-0.25, -0.2) is 0 Å². The summed E-state index contributed by atoms with van der Waals surface area (Å²) in [5.41, 5.74) is 0.174. The van der Waals surface area contributed by atoms with Gasteiger partial charge >= 0.3 is 0 Å². The lowest BCUT2D eigenvalue weighted by Crippen LogP contribution is -2.38. The summed E-state index contributed by atoms with van der Waals surface area (Å²) in [6, 6.07) is 7.30. The highest BCUT2D eigenvalue weighted by Crippen LogP contribution is 2.23. The normalized spacial score (nSPS) is 16.5. The van der Waals surface area contributed by atoms with Crippen LogP contribution in [-0.2, 0) is 0 Å². The van der Waals surface area contributed by atoms with Gasteiger partial charge in [0.2, 0.25) is 0 Å². The molecule has 1 aromatic carbocycles. The Morgan fingerprint density at radius 2 is 2.00 bits per heavy atom. The lowest BCUT2D eigenvalue weighted by atomic mass is 9.99. The summed E-state index contributed by atoms with van der Waals surface area (Å²) < 4.78 is 0. The van der Waals surface area contributed by atoms with Crippen LogP contribution in [0.3, 0.4) is 0 Å². The summed E-state index contributed by atoms with van der Waals surface area (Å²) in [4.78, 5) is 0. The maximum absolute atomic E-state index is 10.1. The lowest BCUT2D eigenvalue weighted by molar-refractivity contribution is 0.0476. The number of hydrogen-bond donors (Lipinski definition) is 3. The standard InChI is InChI=1S/C14H23NO2/c1-4-9-14(3,17)10-15-11(2)12-7-5-6-8-13(12)16/h5-8,11,15-17H,4,9-10H2,1-3H3. The molecule has 0 aliphatic carbocycles. The van der Waals surface area contributed by atoms with Crippen molar-refractivity contribution in [3.05, 3.63) is 29.8 Å². The van der Waals surface area contributed by atoms with Crippen molar-refractivity contribution >= 4 is 0 Å². The maximum atomic E-state index is 10.1. The molecule has 0 saturated carbocycles. The number of phenols is 1. The van der Waals surface area contributed by atoms with E-state index < -0.39 is 5.60 Å². The largest absolute Gasteiger partial charge is 0.508 e.